The summed E-state index contributed by atoms with van der Waals surface area (Å²) < 4.78 is 20.4. The maximum atomic E-state index is 13.0. The van der Waals surface area contributed by atoms with E-state index in [-0.39, 0.29) is 24.4 Å². The largest absolute Gasteiger partial charge is 0.497 e. The van der Waals surface area contributed by atoms with E-state index >= 15 is 0 Å². The van der Waals surface area contributed by atoms with Gasteiger partial charge in [0.25, 0.3) is 5.91 Å². The quantitative estimate of drug-likeness (QED) is 0.420. The number of methoxy groups -OCH3 is 1. The molecule has 1 aromatic carbocycles. The lowest BCUT2D eigenvalue weighted by Crippen LogP contribution is -2.39. The summed E-state index contributed by atoms with van der Waals surface area (Å²) in [5.74, 6) is -3.89. The van der Waals surface area contributed by atoms with Gasteiger partial charge in [0.1, 0.15) is 11.7 Å². The Morgan fingerprint density at radius 2 is 1.39 bits per heavy atom. The molecule has 1 aliphatic rings. The summed E-state index contributed by atoms with van der Waals surface area (Å²) in [7, 11) is 1.52. The van der Waals surface area contributed by atoms with Crippen LogP contribution in [-0.4, -0.2) is 50.7 Å². The Morgan fingerprint density at radius 3 is 1.85 bits per heavy atom. The van der Waals surface area contributed by atoms with Crippen LogP contribution in [0.2, 0.25) is 0 Å². The molecule has 10 heteroatoms. The zero-order valence-corrected chi connectivity index (χ0v) is 19.3. The van der Waals surface area contributed by atoms with Crippen molar-refractivity contribution in [1.29, 1.82) is 0 Å². The molecule has 0 unspecified atom stereocenters. The van der Waals surface area contributed by atoms with E-state index in [9.17, 15) is 19.2 Å². The number of hydrogen-bond donors (Lipinski definition) is 2. The summed E-state index contributed by atoms with van der Waals surface area (Å²) in [6.07, 6.45) is 0. The summed E-state index contributed by atoms with van der Waals surface area (Å²) >= 11 is 0. The lowest BCUT2D eigenvalue weighted by atomic mass is 9.85. The van der Waals surface area contributed by atoms with Gasteiger partial charge in [-0.2, -0.15) is 0 Å². The van der Waals surface area contributed by atoms with Crippen molar-refractivity contribution in [2.24, 2.45) is 5.92 Å². The van der Waals surface area contributed by atoms with E-state index in [1.807, 2.05) is 0 Å². The van der Waals surface area contributed by atoms with Crippen LogP contribution in [0.4, 0.5) is 5.69 Å². The van der Waals surface area contributed by atoms with Gasteiger partial charge in [-0.1, -0.05) is 0 Å². The normalized spacial score (nSPS) is 13.7. The second kappa shape index (κ2) is 11.7. The molecule has 0 atom stereocenters. The predicted molar refractivity (Wildman–Crippen MR) is 118 cm³/mol. The standard InChI is InChI=1S/C23H28N2O8/c1-6-31-21(27)18-13(3)24-14(4)19(22(28)32-7-2)20(18)23(29)33-12-17(26)25-15-8-10-16(30-5)11-9-15/h8-11,20,24H,6-7,12H2,1-5H3,(H,25,26). The molecule has 33 heavy (non-hydrogen) atoms. The Labute approximate surface area is 191 Å². The first-order chi connectivity index (χ1) is 15.7. The minimum atomic E-state index is -1.40. The van der Waals surface area contributed by atoms with Gasteiger partial charge in [0.05, 0.1) is 31.5 Å². The van der Waals surface area contributed by atoms with Crippen molar-refractivity contribution in [3.05, 3.63) is 46.8 Å². The molecule has 2 rings (SSSR count). The molecule has 0 radical (unpaired) electrons. The third kappa shape index (κ3) is 6.34. The lowest BCUT2D eigenvalue weighted by Gasteiger charge is -2.28. The molecule has 0 fully saturated rings. The topological polar surface area (TPSA) is 129 Å². The number of esters is 3. The monoisotopic (exact) mass is 460 g/mol. The molecule has 1 aromatic rings. The van der Waals surface area contributed by atoms with Gasteiger partial charge in [0.2, 0.25) is 0 Å². The van der Waals surface area contributed by atoms with E-state index in [0.717, 1.165) is 0 Å². The molecule has 0 aromatic heterocycles. The van der Waals surface area contributed by atoms with E-state index in [0.29, 0.717) is 22.8 Å². The number of hydrogen-bond acceptors (Lipinski definition) is 9. The Bertz CT molecular complexity index is 939. The fourth-order valence-electron chi connectivity index (χ4n) is 3.28. The van der Waals surface area contributed by atoms with Crippen LogP contribution < -0.4 is 15.4 Å². The van der Waals surface area contributed by atoms with Gasteiger partial charge in [0, 0.05) is 17.1 Å². The molecule has 1 heterocycles. The Hall–Kier alpha value is -3.82. The van der Waals surface area contributed by atoms with Crippen molar-refractivity contribution >= 4 is 29.5 Å². The summed E-state index contributed by atoms with van der Waals surface area (Å²) in [5.41, 5.74) is 0.994. The molecular formula is C23H28N2O8. The number of rotatable bonds is 9. The van der Waals surface area contributed by atoms with Crippen molar-refractivity contribution in [2.45, 2.75) is 27.7 Å². The zero-order chi connectivity index (χ0) is 24.5. The third-order valence-corrected chi connectivity index (χ3v) is 4.71. The maximum Gasteiger partial charge on any atom is 0.337 e. The maximum absolute atomic E-state index is 13.0. The summed E-state index contributed by atoms with van der Waals surface area (Å²) in [6, 6.07) is 6.58. The highest BCUT2D eigenvalue weighted by Crippen LogP contribution is 2.32. The zero-order valence-electron chi connectivity index (χ0n) is 19.3. The average Bonchev–Trinajstić information content (AvgIpc) is 2.77. The van der Waals surface area contributed by atoms with Gasteiger partial charge in [-0.05, 0) is 52.0 Å². The molecule has 10 nitrogen and oxygen atoms in total. The molecule has 0 spiro atoms. The SMILES string of the molecule is CCOC(=O)C1=C(C)NC(C)=C(C(=O)OCC)C1C(=O)OCC(=O)Nc1ccc(OC)cc1. The molecular weight excluding hydrogens is 432 g/mol. The number of anilines is 1. The van der Waals surface area contributed by atoms with E-state index in [1.54, 1.807) is 52.0 Å². The number of carbonyl (C=O) groups is 4. The first-order valence-electron chi connectivity index (χ1n) is 10.4. The summed E-state index contributed by atoms with van der Waals surface area (Å²) in [6.45, 7) is 5.91. The molecule has 2 N–H and O–H groups in total. The lowest BCUT2D eigenvalue weighted by molar-refractivity contribution is -0.153. The number of allylic oxidation sites excluding steroid dienone is 2. The molecule has 178 valence electrons. The van der Waals surface area contributed by atoms with Crippen LogP contribution in [-0.2, 0) is 33.4 Å². The summed E-state index contributed by atoms with van der Waals surface area (Å²) in [5, 5.41) is 5.50. The molecule has 1 aliphatic heterocycles. The third-order valence-electron chi connectivity index (χ3n) is 4.71. The summed E-state index contributed by atoms with van der Waals surface area (Å²) in [4.78, 5) is 50.5. The second-order valence-corrected chi connectivity index (χ2v) is 6.96. The number of nitrogens with one attached hydrogen (secondary N) is 2. The van der Waals surface area contributed by atoms with Gasteiger partial charge in [-0.3, -0.25) is 9.59 Å². The van der Waals surface area contributed by atoms with Crippen molar-refractivity contribution < 1.29 is 38.1 Å². The van der Waals surface area contributed by atoms with Crippen molar-refractivity contribution in [1.82, 2.24) is 5.32 Å². The van der Waals surface area contributed by atoms with Crippen molar-refractivity contribution in [3.63, 3.8) is 0 Å². The molecule has 1 amide bonds. The van der Waals surface area contributed by atoms with E-state index in [4.69, 9.17) is 18.9 Å². The second-order valence-electron chi connectivity index (χ2n) is 6.96. The van der Waals surface area contributed by atoms with E-state index < -0.39 is 36.3 Å². The molecule has 0 saturated heterocycles. The van der Waals surface area contributed by atoms with Crippen LogP contribution in [0, 0.1) is 5.92 Å². The van der Waals surface area contributed by atoms with Gasteiger partial charge in [-0.25, -0.2) is 9.59 Å². The van der Waals surface area contributed by atoms with Gasteiger partial charge >= 0.3 is 17.9 Å². The van der Waals surface area contributed by atoms with Crippen LogP contribution in [0.15, 0.2) is 46.8 Å². The Balaban J connectivity index is 2.22. The van der Waals surface area contributed by atoms with Crippen LogP contribution in [0.5, 0.6) is 5.75 Å². The number of dihydropyridines is 1. The first kappa shape index (κ1) is 25.4. The average molecular weight is 460 g/mol. The van der Waals surface area contributed by atoms with Crippen molar-refractivity contribution in [2.75, 3.05) is 32.2 Å². The highest BCUT2D eigenvalue weighted by atomic mass is 16.5. The van der Waals surface area contributed by atoms with Crippen molar-refractivity contribution in [3.8, 4) is 5.75 Å². The predicted octanol–water partition coefficient (Wildman–Crippen LogP) is 2.07. The van der Waals surface area contributed by atoms with Crippen LogP contribution in [0.25, 0.3) is 0 Å². The number of amides is 1. The van der Waals surface area contributed by atoms with Gasteiger partial charge in [0.15, 0.2) is 6.61 Å². The minimum absolute atomic E-state index is 0.0685. The number of benzene rings is 1. The van der Waals surface area contributed by atoms with Crippen LogP contribution in [0.3, 0.4) is 0 Å². The van der Waals surface area contributed by atoms with E-state index in [2.05, 4.69) is 10.6 Å². The first-order valence-corrected chi connectivity index (χ1v) is 10.4. The van der Waals surface area contributed by atoms with Crippen LogP contribution in [0.1, 0.15) is 27.7 Å². The van der Waals surface area contributed by atoms with E-state index in [1.165, 1.54) is 7.11 Å². The number of ether oxygens (including phenoxy) is 4. The van der Waals surface area contributed by atoms with Crippen LogP contribution >= 0.6 is 0 Å². The van der Waals surface area contributed by atoms with Gasteiger partial charge < -0.3 is 29.6 Å². The molecule has 0 saturated carbocycles. The Kier molecular flexibility index (Phi) is 9.02. The smallest absolute Gasteiger partial charge is 0.337 e. The number of carbonyl (C=O) groups excluding carboxylic acids is 4. The highest BCUT2D eigenvalue weighted by molar-refractivity contribution is 6.06. The molecule has 0 aliphatic carbocycles. The highest BCUT2D eigenvalue weighted by Gasteiger charge is 2.42. The fourth-order valence-corrected chi connectivity index (χ4v) is 3.28. The van der Waals surface area contributed by atoms with Gasteiger partial charge in [-0.15, -0.1) is 0 Å². The minimum Gasteiger partial charge on any atom is -0.497 e. The molecule has 0 bridgehead atoms. The fraction of sp³-hybridized carbons (Fsp3) is 0.391. The Morgan fingerprint density at radius 1 is 0.879 bits per heavy atom.